The van der Waals surface area contributed by atoms with Gasteiger partial charge in [-0.05, 0) is 42.8 Å². The van der Waals surface area contributed by atoms with Gasteiger partial charge in [-0.15, -0.1) is 0 Å². The Balaban J connectivity index is 2.26. The van der Waals surface area contributed by atoms with Crippen LogP contribution in [0.1, 0.15) is 17.7 Å². The third kappa shape index (κ3) is 3.83. The summed E-state index contributed by atoms with van der Waals surface area (Å²) in [4.78, 5) is -1.07. The van der Waals surface area contributed by atoms with Crippen LogP contribution in [0.3, 0.4) is 0 Å². The van der Waals surface area contributed by atoms with Crippen molar-refractivity contribution < 1.29 is 26.0 Å². The van der Waals surface area contributed by atoms with E-state index in [0.717, 1.165) is 28.4 Å². The Morgan fingerprint density at radius 2 is 1.68 bits per heavy atom. The van der Waals surface area contributed by atoms with Crippen molar-refractivity contribution in [2.24, 2.45) is 0 Å². The lowest BCUT2D eigenvalue weighted by Gasteiger charge is -2.11. The number of aryl methyl sites for hydroxylation is 1. The zero-order valence-corrected chi connectivity index (χ0v) is 17.0. The highest BCUT2D eigenvalue weighted by Crippen LogP contribution is 2.32. The van der Waals surface area contributed by atoms with Crippen LogP contribution in [0.4, 0.5) is 17.6 Å². The fraction of sp³-hybridized carbons (Fsp3) is 0.167. The molecule has 2 aromatic carbocycles. The van der Waals surface area contributed by atoms with Gasteiger partial charge in [0, 0.05) is 16.3 Å². The van der Waals surface area contributed by atoms with Crippen LogP contribution in [-0.4, -0.2) is 24.5 Å². The average Bonchev–Trinajstić information content (AvgIpc) is 3.01. The van der Waals surface area contributed by atoms with Crippen LogP contribution < -0.4 is 0 Å². The molecule has 0 unspecified atom stereocenters. The van der Waals surface area contributed by atoms with E-state index in [2.05, 4.69) is 21.0 Å². The Kier molecular flexibility index (Phi) is 5.37. The van der Waals surface area contributed by atoms with E-state index in [9.17, 15) is 26.0 Å². The van der Waals surface area contributed by atoms with Crippen molar-refractivity contribution in [1.82, 2.24) is 9.78 Å². The number of nitrogens with zero attached hydrogens (tertiary/aromatic N) is 2. The van der Waals surface area contributed by atoms with Crippen LogP contribution in [0, 0.1) is 18.6 Å². The normalized spacial score (nSPS) is 12.0. The van der Waals surface area contributed by atoms with Crippen molar-refractivity contribution in [3.05, 3.63) is 63.8 Å². The van der Waals surface area contributed by atoms with Gasteiger partial charge in [-0.25, -0.2) is 30.7 Å². The van der Waals surface area contributed by atoms with Gasteiger partial charge in [0.2, 0.25) is 0 Å². The minimum atomic E-state index is -4.14. The summed E-state index contributed by atoms with van der Waals surface area (Å²) in [6.07, 6.45) is -2.23. The van der Waals surface area contributed by atoms with Crippen molar-refractivity contribution in [3.8, 4) is 16.9 Å². The van der Waals surface area contributed by atoms with E-state index < -0.39 is 38.5 Å². The summed E-state index contributed by atoms with van der Waals surface area (Å²) in [5, 5.41) is 3.84. The molecule has 0 aliphatic rings. The quantitative estimate of drug-likeness (QED) is 0.484. The van der Waals surface area contributed by atoms with Crippen LogP contribution >= 0.6 is 15.9 Å². The fourth-order valence-corrected chi connectivity index (χ4v) is 3.88. The molecule has 10 heteroatoms. The molecule has 0 aliphatic heterocycles. The molecule has 3 aromatic rings. The Bertz CT molecular complexity index is 1150. The minimum absolute atomic E-state index is 0.0103. The molecule has 0 saturated carbocycles. The van der Waals surface area contributed by atoms with Gasteiger partial charge in [0.05, 0.1) is 11.4 Å². The zero-order chi connectivity index (χ0) is 20.8. The highest BCUT2D eigenvalue weighted by atomic mass is 79.9. The number of alkyl halides is 2. The maximum absolute atomic E-state index is 14.3. The molecule has 28 heavy (non-hydrogen) atoms. The highest BCUT2D eigenvalue weighted by Gasteiger charge is 2.24. The minimum Gasteiger partial charge on any atom is -0.233 e. The second-order valence-electron chi connectivity index (χ2n) is 6.14. The first-order valence-corrected chi connectivity index (χ1v) is 10.5. The zero-order valence-electron chi connectivity index (χ0n) is 14.6. The first-order valence-electron chi connectivity index (χ1n) is 7.83. The van der Waals surface area contributed by atoms with Crippen LogP contribution in [-0.2, 0) is 9.84 Å². The lowest BCUT2D eigenvalue weighted by Crippen LogP contribution is -2.06. The Morgan fingerprint density at radius 3 is 2.18 bits per heavy atom. The third-order valence-corrected chi connectivity index (χ3v) is 6.00. The number of halogens is 5. The summed E-state index contributed by atoms with van der Waals surface area (Å²) >= 11 is 3.34. The number of rotatable bonds is 4. The molecule has 0 fully saturated rings. The third-order valence-electron chi connectivity index (χ3n) is 4.02. The van der Waals surface area contributed by atoms with Crippen molar-refractivity contribution in [2.75, 3.05) is 6.26 Å². The summed E-state index contributed by atoms with van der Waals surface area (Å²) in [6, 6.07) is 7.53. The standard InChI is InChI=1S/C18H13BrF4N2O2S/c1-9-3-4-11(7-12(9)19)25-16(8-15(24-25)18(22)23)10-5-13(20)17(14(21)6-10)28(2,26)27/h3-8,18H,1-2H3. The molecule has 0 atom stereocenters. The lowest BCUT2D eigenvalue weighted by molar-refractivity contribution is 0.145. The number of benzene rings is 2. The molecule has 148 valence electrons. The van der Waals surface area contributed by atoms with Gasteiger partial charge >= 0.3 is 0 Å². The molecular formula is C18H13BrF4N2O2S. The molecule has 0 spiro atoms. The Labute approximate surface area is 166 Å². The maximum atomic E-state index is 14.3. The molecule has 0 aliphatic carbocycles. The molecular weight excluding hydrogens is 464 g/mol. The van der Waals surface area contributed by atoms with Crippen molar-refractivity contribution >= 4 is 25.8 Å². The Hall–Kier alpha value is -2.20. The SMILES string of the molecule is Cc1ccc(-n2nc(C(F)F)cc2-c2cc(F)c(S(C)(=O)=O)c(F)c2)cc1Br. The molecule has 0 saturated heterocycles. The molecule has 0 radical (unpaired) electrons. The predicted octanol–water partition coefficient (Wildman–Crippen LogP) is 5.23. The average molecular weight is 477 g/mol. The number of hydrogen-bond donors (Lipinski definition) is 0. The van der Waals surface area contributed by atoms with Crippen LogP contribution in [0.25, 0.3) is 16.9 Å². The molecule has 1 aromatic heterocycles. The first kappa shape index (κ1) is 20.5. The molecule has 3 rings (SSSR count). The van der Waals surface area contributed by atoms with E-state index in [1.165, 1.54) is 0 Å². The van der Waals surface area contributed by atoms with Crippen LogP contribution in [0.5, 0.6) is 0 Å². The molecule has 0 bridgehead atoms. The van der Waals surface area contributed by atoms with Crippen LogP contribution in [0.15, 0.2) is 45.8 Å². The van der Waals surface area contributed by atoms with Gasteiger partial charge in [0.15, 0.2) is 9.84 Å². The number of sulfone groups is 1. The second kappa shape index (κ2) is 7.32. The Morgan fingerprint density at radius 1 is 1.07 bits per heavy atom. The van der Waals surface area contributed by atoms with E-state index in [0.29, 0.717) is 16.4 Å². The molecule has 0 amide bonds. The number of aromatic nitrogens is 2. The summed E-state index contributed by atoms with van der Waals surface area (Å²) in [6.45, 7) is 1.83. The molecule has 1 heterocycles. The van der Waals surface area contributed by atoms with Gasteiger partial charge in [0.1, 0.15) is 22.2 Å². The molecule has 4 nitrogen and oxygen atoms in total. The lowest BCUT2D eigenvalue weighted by atomic mass is 10.1. The number of hydrogen-bond acceptors (Lipinski definition) is 3. The van der Waals surface area contributed by atoms with Crippen LogP contribution in [0.2, 0.25) is 0 Å². The monoisotopic (exact) mass is 476 g/mol. The second-order valence-corrected chi connectivity index (χ2v) is 8.95. The van der Waals surface area contributed by atoms with E-state index in [4.69, 9.17) is 0 Å². The largest absolute Gasteiger partial charge is 0.282 e. The fourth-order valence-electron chi connectivity index (χ4n) is 2.68. The van der Waals surface area contributed by atoms with Crippen molar-refractivity contribution in [3.63, 3.8) is 0 Å². The summed E-state index contributed by atoms with van der Waals surface area (Å²) in [7, 11) is -4.14. The van der Waals surface area contributed by atoms with E-state index in [-0.39, 0.29) is 11.3 Å². The predicted molar refractivity (Wildman–Crippen MR) is 99.4 cm³/mol. The first-order chi connectivity index (χ1) is 13.0. The van der Waals surface area contributed by atoms with Gasteiger partial charge in [-0.1, -0.05) is 22.0 Å². The van der Waals surface area contributed by atoms with Gasteiger partial charge < -0.3 is 0 Å². The van der Waals surface area contributed by atoms with E-state index >= 15 is 0 Å². The smallest absolute Gasteiger partial charge is 0.233 e. The summed E-state index contributed by atoms with van der Waals surface area (Å²) in [5.74, 6) is -2.62. The summed E-state index contributed by atoms with van der Waals surface area (Å²) < 4.78 is 80.0. The molecule has 0 N–H and O–H groups in total. The van der Waals surface area contributed by atoms with E-state index in [1.807, 2.05) is 6.92 Å². The van der Waals surface area contributed by atoms with Crippen molar-refractivity contribution in [1.29, 1.82) is 0 Å². The van der Waals surface area contributed by atoms with Gasteiger partial charge in [-0.3, -0.25) is 0 Å². The topological polar surface area (TPSA) is 52.0 Å². The highest BCUT2D eigenvalue weighted by molar-refractivity contribution is 9.10. The van der Waals surface area contributed by atoms with E-state index in [1.54, 1.807) is 18.2 Å². The van der Waals surface area contributed by atoms with Crippen molar-refractivity contribution in [2.45, 2.75) is 18.2 Å². The van der Waals surface area contributed by atoms with Gasteiger partial charge in [0.25, 0.3) is 6.43 Å². The summed E-state index contributed by atoms with van der Waals surface area (Å²) in [5.41, 5.74) is 0.551. The maximum Gasteiger partial charge on any atom is 0.282 e. The van der Waals surface area contributed by atoms with Gasteiger partial charge in [-0.2, -0.15) is 5.10 Å².